The minimum Gasteiger partial charge on any atom is -0.384 e. The van der Waals surface area contributed by atoms with E-state index in [9.17, 15) is 4.79 Å². The molecule has 0 unspecified atom stereocenters. The zero-order valence-electron chi connectivity index (χ0n) is 14.2. The molecule has 1 amide bonds. The van der Waals surface area contributed by atoms with Crippen LogP contribution in [0.5, 0.6) is 0 Å². The van der Waals surface area contributed by atoms with Gasteiger partial charge in [-0.05, 0) is 19.9 Å². The third-order valence-electron chi connectivity index (χ3n) is 3.38. The lowest BCUT2D eigenvalue weighted by atomic mass is 10.3. The SMILES string of the molecule is Cc1cc(N)nc(COC[C@@H](C)NC(=O)c2cnc3[c]cc(Cl)nn23)n1. The molecule has 0 aromatic carbocycles. The van der Waals surface area contributed by atoms with Crippen LogP contribution in [-0.2, 0) is 11.3 Å². The first-order valence-electron chi connectivity index (χ1n) is 7.83. The van der Waals surface area contributed by atoms with Crippen LogP contribution in [0, 0.1) is 13.0 Å². The highest BCUT2D eigenvalue weighted by molar-refractivity contribution is 6.29. The van der Waals surface area contributed by atoms with Gasteiger partial charge >= 0.3 is 0 Å². The van der Waals surface area contributed by atoms with Gasteiger partial charge in [0.25, 0.3) is 5.91 Å². The highest BCUT2D eigenvalue weighted by atomic mass is 35.5. The summed E-state index contributed by atoms with van der Waals surface area (Å²) in [7, 11) is 0. The number of nitrogen functional groups attached to an aromatic ring is 1. The number of amides is 1. The molecule has 0 aliphatic carbocycles. The zero-order valence-corrected chi connectivity index (χ0v) is 15.0. The van der Waals surface area contributed by atoms with Gasteiger partial charge in [0.15, 0.2) is 22.3 Å². The summed E-state index contributed by atoms with van der Waals surface area (Å²) in [5.74, 6) is 0.554. The first kappa shape index (κ1) is 18.0. The number of nitrogens with one attached hydrogen (secondary N) is 1. The Labute approximate surface area is 154 Å². The normalized spacial score (nSPS) is 12.3. The van der Waals surface area contributed by atoms with E-state index in [4.69, 9.17) is 22.1 Å². The van der Waals surface area contributed by atoms with E-state index in [1.165, 1.54) is 16.8 Å². The van der Waals surface area contributed by atoms with Crippen LogP contribution in [-0.4, -0.2) is 43.1 Å². The lowest BCUT2D eigenvalue weighted by Crippen LogP contribution is -2.36. The van der Waals surface area contributed by atoms with Gasteiger partial charge in [-0.1, -0.05) is 11.6 Å². The molecule has 0 saturated carbocycles. The Hall–Kier alpha value is -2.78. The molecule has 0 bridgehead atoms. The van der Waals surface area contributed by atoms with Gasteiger partial charge in [0, 0.05) is 23.9 Å². The Kier molecular flexibility index (Phi) is 5.29. The number of imidazole rings is 1. The predicted molar refractivity (Wildman–Crippen MR) is 94.6 cm³/mol. The summed E-state index contributed by atoms with van der Waals surface area (Å²) >= 11 is 5.84. The molecular weight excluding hydrogens is 358 g/mol. The number of aryl methyl sites for hydroxylation is 1. The summed E-state index contributed by atoms with van der Waals surface area (Å²) in [5, 5.41) is 7.09. The maximum absolute atomic E-state index is 12.4. The van der Waals surface area contributed by atoms with Crippen LogP contribution in [0.4, 0.5) is 5.82 Å². The van der Waals surface area contributed by atoms with Crippen molar-refractivity contribution in [2.75, 3.05) is 12.3 Å². The van der Waals surface area contributed by atoms with Gasteiger partial charge in [-0.3, -0.25) is 4.79 Å². The summed E-state index contributed by atoms with van der Waals surface area (Å²) in [6.45, 7) is 4.13. The van der Waals surface area contributed by atoms with Crippen molar-refractivity contribution in [3.05, 3.63) is 46.8 Å². The number of carbonyl (C=O) groups excluding carboxylic acids is 1. The first-order chi connectivity index (χ1) is 12.4. The van der Waals surface area contributed by atoms with Crippen molar-refractivity contribution < 1.29 is 9.53 Å². The maximum atomic E-state index is 12.4. The number of nitrogens with zero attached hydrogens (tertiary/aromatic N) is 5. The summed E-state index contributed by atoms with van der Waals surface area (Å²) in [6, 6.07) is 5.76. The van der Waals surface area contributed by atoms with Gasteiger partial charge < -0.3 is 15.8 Å². The van der Waals surface area contributed by atoms with Crippen LogP contribution < -0.4 is 11.1 Å². The Balaban J connectivity index is 1.56. The first-order valence-corrected chi connectivity index (χ1v) is 8.21. The molecule has 0 spiro atoms. The van der Waals surface area contributed by atoms with Crippen molar-refractivity contribution in [2.24, 2.45) is 0 Å². The molecule has 3 rings (SSSR count). The van der Waals surface area contributed by atoms with E-state index < -0.39 is 0 Å². The highest BCUT2D eigenvalue weighted by Gasteiger charge is 2.16. The summed E-state index contributed by atoms with van der Waals surface area (Å²) in [5.41, 5.74) is 7.13. The van der Waals surface area contributed by atoms with Crippen molar-refractivity contribution in [3.8, 4) is 0 Å². The number of nitrogens with two attached hydrogens (primary N) is 1. The van der Waals surface area contributed by atoms with Gasteiger partial charge in [-0.2, -0.15) is 5.10 Å². The predicted octanol–water partition coefficient (Wildman–Crippen LogP) is 1.20. The molecule has 1 radical (unpaired) electrons. The molecule has 10 heteroatoms. The van der Waals surface area contributed by atoms with E-state index >= 15 is 0 Å². The number of hydrogen-bond acceptors (Lipinski definition) is 7. The summed E-state index contributed by atoms with van der Waals surface area (Å²) in [4.78, 5) is 24.8. The van der Waals surface area contributed by atoms with Crippen molar-refractivity contribution in [1.29, 1.82) is 0 Å². The van der Waals surface area contributed by atoms with Crippen LogP contribution in [0.3, 0.4) is 0 Å². The fourth-order valence-corrected chi connectivity index (χ4v) is 2.47. The molecule has 3 aromatic heterocycles. The topological polar surface area (TPSA) is 120 Å². The quantitative estimate of drug-likeness (QED) is 0.665. The van der Waals surface area contributed by atoms with Crippen molar-refractivity contribution >= 4 is 29.0 Å². The van der Waals surface area contributed by atoms with Gasteiger partial charge in [-0.15, -0.1) is 0 Å². The Bertz CT molecular complexity index is 923. The lowest BCUT2D eigenvalue weighted by molar-refractivity contribution is 0.0799. The largest absolute Gasteiger partial charge is 0.384 e. The molecule has 0 saturated heterocycles. The third kappa shape index (κ3) is 4.24. The fraction of sp³-hybridized carbons (Fsp3) is 0.312. The monoisotopic (exact) mass is 374 g/mol. The minimum atomic E-state index is -0.340. The number of fused-ring (bicyclic) bond motifs is 1. The average molecular weight is 375 g/mol. The lowest BCUT2D eigenvalue weighted by Gasteiger charge is -2.13. The number of anilines is 1. The van der Waals surface area contributed by atoms with Gasteiger partial charge in [0.05, 0.1) is 12.8 Å². The van der Waals surface area contributed by atoms with Crippen LogP contribution in [0.15, 0.2) is 18.3 Å². The Morgan fingerprint density at radius 2 is 2.31 bits per heavy atom. The van der Waals surface area contributed by atoms with Crippen LogP contribution >= 0.6 is 11.6 Å². The van der Waals surface area contributed by atoms with E-state index in [0.29, 0.717) is 17.3 Å². The molecule has 26 heavy (non-hydrogen) atoms. The standard InChI is InChI=1S/C16H17ClN7O2/c1-9-5-13(18)22-14(20-9)8-26-7-10(2)21-16(25)11-6-19-15-4-3-12(17)23-24(11)15/h3,5-6,10H,7-8H2,1-2H3,(H,21,25)(H2,18,20,22)/t10-/m1/s1. The summed E-state index contributed by atoms with van der Waals surface area (Å²) in [6.07, 6.45) is 1.42. The van der Waals surface area contributed by atoms with E-state index in [1.54, 1.807) is 6.07 Å². The van der Waals surface area contributed by atoms with Crippen molar-refractivity contribution in [2.45, 2.75) is 26.5 Å². The molecule has 3 N–H and O–H groups in total. The number of halogens is 1. The Morgan fingerprint density at radius 3 is 3.08 bits per heavy atom. The maximum Gasteiger partial charge on any atom is 0.271 e. The molecular formula is C16H17ClN7O2. The summed E-state index contributed by atoms with van der Waals surface area (Å²) < 4.78 is 6.90. The molecule has 9 nitrogen and oxygen atoms in total. The molecule has 135 valence electrons. The van der Waals surface area contributed by atoms with E-state index in [-0.39, 0.29) is 36.0 Å². The third-order valence-corrected chi connectivity index (χ3v) is 3.57. The van der Waals surface area contributed by atoms with Crippen molar-refractivity contribution in [3.63, 3.8) is 0 Å². The second kappa shape index (κ2) is 7.63. The minimum absolute atomic E-state index is 0.202. The number of aromatic nitrogens is 5. The van der Waals surface area contributed by atoms with E-state index in [1.807, 2.05) is 13.8 Å². The van der Waals surface area contributed by atoms with Gasteiger partial charge in [-0.25, -0.2) is 19.5 Å². The Morgan fingerprint density at radius 1 is 1.50 bits per heavy atom. The molecule has 3 heterocycles. The second-order valence-electron chi connectivity index (χ2n) is 5.73. The highest BCUT2D eigenvalue weighted by Crippen LogP contribution is 2.09. The van der Waals surface area contributed by atoms with E-state index in [0.717, 1.165) is 5.69 Å². The zero-order chi connectivity index (χ0) is 18.7. The van der Waals surface area contributed by atoms with Crippen LogP contribution in [0.2, 0.25) is 5.15 Å². The van der Waals surface area contributed by atoms with Crippen LogP contribution in [0.1, 0.15) is 28.9 Å². The number of hydrogen-bond donors (Lipinski definition) is 2. The molecule has 3 aromatic rings. The van der Waals surface area contributed by atoms with Crippen molar-refractivity contribution in [1.82, 2.24) is 29.9 Å². The van der Waals surface area contributed by atoms with Gasteiger partial charge in [0.2, 0.25) is 0 Å². The fourth-order valence-electron chi connectivity index (χ4n) is 2.34. The van der Waals surface area contributed by atoms with Crippen LogP contribution in [0.25, 0.3) is 5.65 Å². The number of rotatable bonds is 6. The van der Waals surface area contributed by atoms with Gasteiger partial charge in [0.1, 0.15) is 12.4 Å². The molecule has 1 atom stereocenters. The number of carbonyl (C=O) groups is 1. The molecule has 0 aliphatic heterocycles. The molecule has 0 aliphatic rings. The smallest absolute Gasteiger partial charge is 0.271 e. The van der Waals surface area contributed by atoms with E-state index in [2.05, 4.69) is 31.4 Å². The average Bonchev–Trinajstić information content (AvgIpc) is 2.97. The molecule has 0 fully saturated rings. The second-order valence-corrected chi connectivity index (χ2v) is 6.12. The number of ether oxygens (including phenoxy) is 1.